The van der Waals surface area contributed by atoms with Gasteiger partial charge in [0.1, 0.15) is 28.2 Å². The molecule has 0 unspecified atom stereocenters. The van der Waals surface area contributed by atoms with Crippen molar-refractivity contribution < 1.29 is 9.50 Å². The molecule has 5 rings (SSSR count). The lowest BCUT2D eigenvalue weighted by atomic mass is 10.2. The molecule has 0 atom stereocenters. The number of nitrogens with zero attached hydrogens (tertiary/aromatic N) is 5. The number of benzene rings is 3. The molecule has 0 fully saturated rings. The molecule has 5 aromatic rings. The lowest BCUT2D eigenvalue weighted by Gasteiger charge is -2.10. The van der Waals surface area contributed by atoms with Gasteiger partial charge in [-0.3, -0.25) is 4.57 Å². The fraction of sp³-hybridized carbons (Fsp3) is 0.0400. The SMILES string of the molecule is N#C/C(=C(/O)CSc1nnc(-c2ccccc2)n1-c1ccc(F)cc1)c1nc2ccccc2s1. The molecule has 0 bridgehead atoms. The molecule has 2 aromatic heterocycles. The summed E-state index contributed by atoms with van der Waals surface area (Å²) in [7, 11) is 0. The number of allylic oxidation sites excluding steroid dienone is 1. The van der Waals surface area contributed by atoms with E-state index in [0.29, 0.717) is 21.7 Å². The monoisotopic (exact) mass is 485 g/mol. The molecule has 34 heavy (non-hydrogen) atoms. The molecule has 0 aliphatic carbocycles. The van der Waals surface area contributed by atoms with Crippen molar-refractivity contribution in [1.82, 2.24) is 19.7 Å². The smallest absolute Gasteiger partial charge is 0.196 e. The van der Waals surface area contributed by atoms with Crippen LogP contribution >= 0.6 is 23.1 Å². The Morgan fingerprint density at radius 2 is 1.74 bits per heavy atom. The van der Waals surface area contributed by atoms with Crippen molar-refractivity contribution in [3.63, 3.8) is 0 Å². The van der Waals surface area contributed by atoms with Crippen LogP contribution in [0, 0.1) is 17.1 Å². The Morgan fingerprint density at radius 1 is 1.00 bits per heavy atom. The van der Waals surface area contributed by atoms with Gasteiger partial charge in [-0.1, -0.05) is 54.2 Å². The van der Waals surface area contributed by atoms with E-state index in [-0.39, 0.29) is 22.9 Å². The highest BCUT2D eigenvalue weighted by Crippen LogP contribution is 2.32. The van der Waals surface area contributed by atoms with E-state index in [2.05, 4.69) is 21.3 Å². The standard InChI is InChI=1S/C25H16FN5OS2/c26-17-10-12-18(13-11-17)31-23(16-6-2-1-3-7-16)29-30-25(31)33-15-21(32)19(14-27)24-28-20-8-4-5-9-22(20)34-24/h1-13,32H,15H2/b21-19-. The molecule has 0 aliphatic heterocycles. The Morgan fingerprint density at radius 3 is 2.47 bits per heavy atom. The number of aliphatic hydroxyl groups excluding tert-OH is 1. The van der Waals surface area contributed by atoms with E-state index in [4.69, 9.17) is 0 Å². The lowest BCUT2D eigenvalue weighted by molar-refractivity contribution is 0.420. The summed E-state index contributed by atoms with van der Waals surface area (Å²) in [5, 5.41) is 30.1. The number of thioether (sulfide) groups is 1. The van der Waals surface area contributed by atoms with Crippen molar-refractivity contribution in [3.05, 3.63) is 95.4 Å². The average Bonchev–Trinajstić information content (AvgIpc) is 3.48. The van der Waals surface area contributed by atoms with Gasteiger partial charge in [0.2, 0.25) is 0 Å². The first kappa shape index (κ1) is 21.8. The number of aromatic nitrogens is 4. The Balaban J connectivity index is 1.50. The maximum atomic E-state index is 13.6. The minimum atomic E-state index is -0.345. The molecular weight excluding hydrogens is 469 g/mol. The second kappa shape index (κ2) is 9.47. The number of para-hydroxylation sites is 1. The van der Waals surface area contributed by atoms with Crippen LogP contribution < -0.4 is 0 Å². The highest BCUT2D eigenvalue weighted by molar-refractivity contribution is 7.99. The molecule has 0 radical (unpaired) electrons. The van der Waals surface area contributed by atoms with E-state index >= 15 is 0 Å². The van der Waals surface area contributed by atoms with Gasteiger partial charge in [-0.05, 0) is 36.4 Å². The van der Waals surface area contributed by atoms with Gasteiger partial charge >= 0.3 is 0 Å². The summed E-state index contributed by atoms with van der Waals surface area (Å²) in [5.41, 5.74) is 2.44. The van der Waals surface area contributed by atoms with E-state index in [1.54, 1.807) is 16.7 Å². The number of rotatable bonds is 6. The predicted octanol–water partition coefficient (Wildman–Crippen LogP) is 6.27. The number of fused-ring (bicyclic) bond motifs is 1. The van der Waals surface area contributed by atoms with E-state index in [1.807, 2.05) is 54.6 Å². The minimum Gasteiger partial charge on any atom is -0.510 e. The van der Waals surface area contributed by atoms with Crippen LogP contribution in [0.2, 0.25) is 0 Å². The zero-order valence-corrected chi connectivity index (χ0v) is 19.2. The molecule has 0 spiro atoms. The van der Waals surface area contributed by atoms with E-state index in [1.165, 1.54) is 35.2 Å². The van der Waals surface area contributed by atoms with Crippen LogP contribution in [0.15, 0.2) is 89.8 Å². The molecule has 0 saturated carbocycles. The fourth-order valence-corrected chi connectivity index (χ4v) is 5.19. The second-order valence-electron chi connectivity index (χ2n) is 7.19. The third-order valence-corrected chi connectivity index (χ3v) is 6.99. The summed E-state index contributed by atoms with van der Waals surface area (Å²) in [4.78, 5) is 4.48. The van der Waals surface area contributed by atoms with Crippen molar-refractivity contribution in [2.45, 2.75) is 5.16 Å². The summed E-state index contributed by atoms with van der Waals surface area (Å²) in [5.74, 6) is 0.237. The van der Waals surface area contributed by atoms with E-state index in [0.717, 1.165) is 15.8 Å². The number of hydrogen-bond acceptors (Lipinski definition) is 7. The van der Waals surface area contributed by atoms with Gasteiger partial charge in [-0.2, -0.15) is 5.26 Å². The molecule has 0 amide bonds. The number of hydrogen-bond donors (Lipinski definition) is 1. The maximum Gasteiger partial charge on any atom is 0.196 e. The molecule has 0 aliphatic rings. The van der Waals surface area contributed by atoms with Gasteiger partial charge in [0.15, 0.2) is 11.0 Å². The Labute approximate surface area is 202 Å². The first-order valence-corrected chi connectivity index (χ1v) is 12.0. The van der Waals surface area contributed by atoms with Gasteiger partial charge in [-0.15, -0.1) is 21.5 Å². The van der Waals surface area contributed by atoms with Gasteiger partial charge in [0, 0.05) is 11.3 Å². The molecule has 6 nitrogen and oxygen atoms in total. The third kappa shape index (κ3) is 4.29. The van der Waals surface area contributed by atoms with E-state index < -0.39 is 0 Å². The quantitative estimate of drug-likeness (QED) is 0.173. The lowest BCUT2D eigenvalue weighted by Crippen LogP contribution is -2.01. The molecule has 9 heteroatoms. The molecule has 0 saturated heterocycles. The maximum absolute atomic E-state index is 13.6. The van der Waals surface area contributed by atoms with Crippen LogP contribution in [-0.2, 0) is 0 Å². The highest BCUT2D eigenvalue weighted by Gasteiger charge is 2.19. The third-order valence-electron chi connectivity index (χ3n) is 5.00. The zero-order chi connectivity index (χ0) is 23.5. The Hall–Kier alpha value is -4.00. The number of aliphatic hydroxyl groups is 1. The molecular formula is C25H16FN5OS2. The van der Waals surface area contributed by atoms with Gasteiger partial charge in [-0.25, -0.2) is 9.37 Å². The van der Waals surface area contributed by atoms with Crippen LogP contribution in [0.4, 0.5) is 4.39 Å². The van der Waals surface area contributed by atoms with Crippen LogP contribution in [0.5, 0.6) is 0 Å². The van der Waals surface area contributed by atoms with Gasteiger partial charge in [0.25, 0.3) is 0 Å². The highest BCUT2D eigenvalue weighted by atomic mass is 32.2. The van der Waals surface area contributed by atoms with Crippen molar-refractivity contribution >= 4 is 38.9 Å². The topological polar surface area (TPSA) is 87.6 Å². The number of nitriles is 1. The van der Waals surface area contributed by atoms with E-state index in [9.17, 15) is 14.8 Å². The Bertz CT molecular complexity index is 1500. The van der Waals surface area contributed by atoms with Crippen LogP contribution in [0.1, 0.15) is 5.01 Å². The largest absolute Gasteiger partial charge is 0.510 e. The second-order valence-corrected chi connectivity index (χ2v) is 9.17. The summed E-state index contributed by atoms with van der Waals surface area (Å²) >= 11 is 2.58. The van der Waals surface area contributed by atoms with Crippen molar-refractivity contribution in [2.24, 2.45) is 0 Å². The van der Waals surface area contributed by atoms with Crippen LogP contribution in [0.3, 0.4) is 0 Å². The molecule has 2 heterocycles. The van der Waals surface area contributed by atoms with Crippen molar-refractivity contribution in [2.75, 3.05) is 5.75 Å². The number of thiazole rings is 1. The molecule has 166 valence electrons. The van der Waals surface area contributed by atoms with Crippen LogP contribution in [0.25, 0.3) is 32.9 Å². The fourth-order valence-electron chi connectivity index (χ4n) is 3.38. The normalized spacial score (nSPS) is 11.9. The zero-order valence-electron chi connectivity index (χ0n) is 17.6. The average molecular weight is 486 g/mol. The first-order chi connectivity index (χ1) is 16.6. The first-order valence-electron chi connectivity index (χ1n) is 10.2. The summed E-state index contributed by atoms with van der Waals surface area (Å²) in [6.45, 7) is 0. The minimum absolute atomic E-state index is 0.0902. The number of halogens is 1. The van der Waals surface area contributed by atoms with Crippen LogP contribution in [-0.4, -0.2) is 30.6 Å². The summed E-state index contributed by atoms with van der Waals surface area (Å²) in [6.07, 6.45) is 0. The van der Waals surface area contributed by atoms with Gasteiger partial charge in [0.05, 0.1) is 16.0 Å². The van der Waals surface area contributed by atoms with Crippen molar-refractivity contribution in [3.8, 4) is 23.1 Å². The van der Waals surface area contributed by atoms with Crippen molar-refractivity contribution in [1.29, 1.82) is 5.26 Å². The molecule has 1 N–H and O–H groups in total. The summed E-state index contributed by atoms with van der Waals surface area (Å²) in [6, 6.07) is 25.2. The Kier molecular flexibility index (Phi) is 6.08. The summed E-state index contributed by atoms with van der Waals surface area (Å²) < 4.78 is 16.3. The molecule has 3 aromatic carbocycles. The van der Waals surface area contributed by atoms with Gasteiger partial charge < -0.3 is 5.11 Å². The predicted molar refractivity (Wildman–Crippen MR) is 132 cm³/mol.